The maximum atomic E-state index is 11.2. The quantitative estimate of drug-likeness (QED) is 0.906. The average molecular weight is 332 g/mol. The summed E-state index contributed by atoms with van der Waals surface area (Å²) in [6.45, 7) is 3.39. The van der Waals surface area contributed by atoms with Gasteiger partial charge in [0.25, 0.3) is 0 Å². The van der Waals surface area contributed by atoms with Gasteiger partial charge in [0.15, 0.2) is 0 Å². The summed E-state index contributed by atoms with van der Waals surface area (Å²) in [6, 6.07) is 14.7. The molecule has 3 rings (SSSR count). The maximum absolute atomic E-state index is 11.2. The molecule has 122 valence electrons. The Bertz CT molecular complexity index is 773. The number of fused-ring (bicyclic) bond motifs is 1. The third-order valence-electron chi connectivity index (χ3n) is 4.04. The molecule has 0 bridgehead atoms. The summed E-state index contributed by atoms with van der Waals surface area (Å²) >= 11 is 0. The van der Waals surface area contributed by atoms with Gasteiger partial charge in [-0.25, -0.2) is 13.6 Å². The smallest absolute Gasteiger partial charge is 0.238 e. The molecule has 0 spiro atoms. The Labute approximate surface area is 136 Å². The number of hydrogen-bond donors (Lipinski definition) is 1. The zero-order valence-electron chi connectivity index (χ0n) is 12.8. The van der Waals surface area contributed by atoms with Gasteiger partial charge >= 0.3 is 0 Å². The number of nitrogens with zero attached hydrogens (tertiary/aromatic N) is 1. The second kappa shape index (κ2) is 6.70. The highest BCUT2D eigenvalue weighted by atomic mass is 32.2. The molecule has 1 aliphatic rings. The molecule has 2 aromatic carbocycles. The average Bonchev–Trinajstić information content (AvgIpc) is 2.54. The molecule has 0 atom stereocenters. The maximum Gasteiger partial charge on any atom is 0.238 e. The normalized spacial score (nSPS) is 15.2. The predicted molar refractivity (Wildman–Crippen MR) is 88.7 cm³/mol. The molecule has 0 saturated heterocycles. The lowest BCUT2D eigenvalue weighted by atomic mass is 10.0. The van der Waals surface area contributed by atoms with Gasteiger partial charge in [-0.05, 0) is 41.8 Å². The zero-order valence-corrected chi connectivity index (χ0v) is 13.6. The first-order valence-electron chi connectivity index (χ1n) is 7.57. The Kier molecular flexibility index (Phi) is 4.66. The minimum absolute atomic E-state index is 0.0949. The summed E-state index contributed by atoms with van der Waals surface area (Å²) in [4.78, 5) is 2.46. The molecule has 0 amide bonds. The molecule has 23 heavy (non-hydrogen) atoms. The number of sulfonamides is 1. The molecule has 2 aromatic rings. The summed E-state index contributed by atoms with van der Waals surface area (Å²) in [7, 11) is -3.65. The number of benzene rings is 2. The molecule has 2 N–H and O–H groups in total. The van der Waals surface area contributed by atoms with Gasteiger partial charge in [0, 0.05) is 19.6 Å². The first kappa shape index (κ1) is 16.0. The standard InChI is InChI=1S/C17H20N2O3S/c18-23(20,21)17-7-5-16(6-8-17)22-12-11-19-10-9-14-3-1-2-4-15(14)13-19/h1-8H,9-13H2,(H2,18,20,21). The predicted octanol–water partition coefficient (Wildman–Crippen LogP) is 1.77. The van der Waals surface area contributed by atoms with Crippen molar-refractivity contribution in [1.82, 2.24) is 4.90 Å². The van der Waals surface area contributed by atoms with E-state index in [-0.39, 0.29) is 4.90 Å². The van der Waals surface area contributed by atoms with Gasteiger partial charge < -0.3 is 4.74 Å². The van der Waals surface area contributed by atoms with E-state index in [1.807, 2.05) is 0 Å². The van der Waals surface area contributed by atoms with Gasteiger partial charge in [0.1, 0.15) is 12.4 Å². The number of hydrogen-bond acceptors (Lipinski definition) is 4. The van der Waals surface area contributed by atoms with E-state index in [1.54, 1.807) is 12.1 Å². The second-order valence-corrected chi connectivity index (χ2v) is 7.22. The number of primary sulfonamides is 1. The molecule has 0 aromatic heterocycles. The van der Waals surface area contributed by atoms with E-state index in [4.69, 9.17) is 9.88 Å². The third-order valence-corrected chi connectivity index (χ3v) is 4.97. The van der Waals surface area contributed by atoms with Gasteiger partial charge in [-0.15, -0.1) is 0 Å². The topological polar surface area (TPSA) is 72.6 Å². The molecular weight excluding hydrogens is 312 g/mol. The van der Waals surface area contributed by atoms with Crippen molar-refractivity contribution in [3.8, 4) is 5.75 Å². The van der Waals surface area contributed by atoms with Crippen molar-refractivity contribution in [3.05, 3.63) is 59.7 Å². The van der Waals surface area contributed by atoms with E-state index in [1.165, 1.54) is 23.3 Å². The van der Waals surface area contributed by atoms with Crippen LogP contribution >= 0.6 is 0 Å². The van der Waals surface area contributed by atoms with Gasteiger partial charge in [0.2, 0.25) is 10.0 Å². The second-order valence-electron chi connectivity index (χ2n) is 5.66. The molecule has 0 fully saturated rings. The SMILES string of the molecule is NS(=O)(=O)c1ccc(OCCN2CCc3ccccc3C2)cc1. The Morgan fingerprint density at radius 1 is 1.04 bits per heavy atom. The van der Waals surface area contributed by atoms with Crippen LogP contribution in [0.5, 0.6) is 5.75 Å². The third kappa shape index (κ3) is 4.10. The van der Waals surface area contributed by atoms with Crippen LogP contribution in [0.2, 0.25) is 0 Å². The minimum atomic E-state index is -3.65. The molecule has 0 aliphatic carbocycles. The van der Waals surface area contributed by atoms with Crippen molar-refractivity contribution >= 4 is 10.0 Å². The molecule has 0 saturated carbocycles. The van der Waals surface area contributed by atoms with E-state index >= 15 is 0 Å². The fourth-order valence-electron chi connectivity index (χ4n) is 2.76. The summed E-state index contributed by atoms with van der Waals surface area (Å²) in [5.41, 5.74) is 2.82. The van der Waals surface area contributed by atoms with Crippen molar-refractivity contribution in [2.45, 2.75) is 17.9 Å². The highest BCUT2D eigenvalue weighted by molar-refractivity contribution is 7.89. The van der Waals surface area contributed by atoms with Crippen LogP contribution in [0.4, 0.5) is 0 Å². The first-order chi connectivity index (χ1) is 11.0. The van der Waals surface area contributed by atoms with E-state index in [2.05, 4.69) is 29.2 Å². The molecule has 1 aliphatic heterocycles. The lowest BCUT2D eigenvalue weighted by Gasteiger charge is -2.28. The molecule has 5 nitrogen and oxygen atoms in total. The zero-order chi connectivity index (χ0) is 16.3. The summed E-state index contributed by atoms with van der Waals surface area (Å²) in [5, 5.41) is 5.07. The minimum Gasteiger partial charge on any atom is -0.492 e. The van der Waals surface area contributed by atoms with E-state index < -0.39 is 10.0 Å². The summed E-state index contributed by atoms with van der Waals surface area (Å²) < 4.78 is 28.1. The van der Waals surface area contributed by atoms with Gasteiger partial charge in [0.05, 0.1) is 4.90 Å². The van der Waals surface area contributed by atoms with Crippen LogP contribution in [-0.4, -0.2) is 33.0 Å². The monoisotopic (exact) mass is 332 g/mol. The van der Waals surface area contributed by atoms with Gasteiger partial charge in [-0.1, -0.05) is 24.3 Å². The van der Waals surface area contributed by atoms with E-state index in [0.29, 0.717) is 12.4 Å². The summed E-state index contributed by atoms with van der Waals surface area (Å²) in [6.07, 6.45) is 1.07. The van der Waals surface area contributed by atoms with Crippen LogP contribution in [0.1, 0.15) is 11.1 Å². The van der Waals surface area contributed by atoms with Gasteiger partial charge in [-0.3, -0.25) is 4.90 Å². The summed E-state index contributed by atoms with van der Waals surface area (Å²) in [5.74, 6) is 0.648. The van der Waals surface area contributed by atoms with Crippen molar-refractivity contribution in [1.29, 1.82) is 0 Å². The molecule has 0 unspecified atom stereocenters. The number of ether oxygens (including phenoxy) is 1. The molecular formula is C17H20N2O3S. The highest BCUT2D eigenvalue weighted by Gasteiger charge is 2.15. The highest BCUT2D eigenvalue weighted by Crippen LogP contribution is 2.19. The fourth-order valence-corrected chi connectivity index (χ4v) is 3.28. The van der Waals surface area contributed by atoms with Crippen LogP contribution < -0.4 is 9.88 Å². The van der Waals surface area contributed by atoms with Gasteiger partial charge in [-0.2, -0.15) is 0 Å². The first-order valence-corrected chi connectivity index (χ1v) is 9.12. The number of rotatable bonds is 5. The molecule has 0 radical (unpaired) electrons. The Morgan fingerprint density at radius 3 is 2.43 bits per heavy atom. The van der Waals surface area contributed by atoms with E-state index in [9.17, 15) is 8.42 Å². The van der Waals surface area contributed by atoms with Crippen LogP contribution in [0.15, 0.2) is 53.4 Å². The Hall–Kier alpha value is -1.89. The van der Waals surface area contributed by atoms with Crippen LogP contribution in [0.25, 0.3) is 0 Å². The number of nitrogens with two attached hydrogens (primary N) is 1. The van der Waals surface area contributed by atoms with Crippen molar-refractivity contribution in [2.24, 2.45) is 5.14 Å². The van der Waals surface area contributed by atoms with Crippen LogP contribution in [0, 0.1) is 0 Å². The van der Waals surface area contributed by atoms with Crippen molar-refractivity contribution in [2.75, 3.05) is 19.7 Å². The fraction of sp³-hybridized carbons (Fsp3) is 0.294. The Balaban J connectivity index is 1.51. The lowest BCUT2D eigenvalue weighted by Crippen LogP contribution is -2.33. The van der Waals surface area contributed by atoms with Crippen molar-refractivity contribution < 1.29 is 13.2 Å². The van der Waals surface area contributed by atoms with E-state index in [0.717, 1.165) is 26.1 Å². The van der Waals surface area contributed by atoms with Crippen LogP contribution in [0.3, 0.4) is 0 Å². The largest absolute Gasteiger partial charge is 0.492 e. The van der Waals surface area contributed by atoms with Crippen molar-refractivity contribution in [3.63, 3.8) is 0 Å². The Morgan fingerprint density at radius 2 is 1.74 bits per heavy atom. The van der Waals surface area contributed by atoms with Crippen LogP contribution in [-0.2, 0) is 23.0 Å². The molecule has 6 heteroatoms. The lowest BCUT2D eigenvalue weighted by molar-refractivity contribution is 0.196. The molecule has 1 heterocycles.